The fraction of sp³-hybridized carbons (Fsp3) is 0.870. The first-order valence-electron chi connectivity index (χ1n) is 10.9. The van der Waals surface area contributed by atoms with E-state index in [1.54, 1.807) is 0 Å². The molecule has 0 aromatic heterocycles. The van der Waals surface area contributed by atoms with Gasteiger partial charge in [-0.1, -0.05) is 103 Å². The van der Waals surface area contributed by atoms with Crippen LogP contribution in [0, 0.1) is 12.3 Å². The Labute approximate surface area is 157 Å². The van der Waals surface area contributed by atoms with Gasteiger partial charge in [0, 0.05) is 12.8 Å². The monoisotopic (exact) mass is 350 g/mol. The number of carboxylic acid groups (broad SMARTS) is 1. The number of hydrogen-bond acceptors (Lipinski definition) is 1. The van der Waals surface area contributed by atoms with Gasteiger partial charge in [0.2, 0.25) is 0 Å². The number of carboxylic acids is 1. The van der Waals surface area contributed by atoms with Crippen LogP contribution in [0.2, 0.25) is 0 Å². The van der Waals surface area contributed by atoms with Gasteiger partial charge in [0.05, 0.1) is 0 Å². The summed E-state index contributed by atoms with van der Waals surface area (Å²) >= 11 is 0. The standard InChI is InChI=1S/C23H42O2/c1-2-3-4-5-6-7-8-9-10-11-12-13-14-15-16-17-18-19-20-21-22-23(24)25/h1H,3-22H2,(H,24,25). The molecule has 2 heteroatoms. The van der Waals surface area contributed by atoms with E-state index in [9.17, 15) is 4.79 Å². The molecule has 0 fully saturated rings. The zero-order valence-corrected chi connectivity index (χ0v) is 16.6. The molecule has 0 saturated heterocycles. The lowest BCUT2D eigenvalue weighted by molar-refractivity contribution is -0.137. The Hall–Kier alpha value is -0.970. The van der Waals surface area contributed by atoms with Crippen molar-refractivity contribution >= 4 is 5.97 Å². The molecule has 0 heterocycles. The van der Waals surface area contributed by atoms with E-state index in [2.05, 4.69) is 5.92 Å². The minimum atomic E-state index is -0.656. The van der Waals surface area contributed by atoms with Crippen LogP contribution in [0.4, 0.5) is 0 Å². The zero-order valence-electron chi connectivity index (χ0n) is 16.6. The highest BCUT2D eigenvalue weighted by molar-refractivity contribution is 5.66. The van der Waals surface area contributed by atoms with Gasteiger partial charge in [-0.05, 0) is 12.8 Å². The molecule has 0 spiro atoms. The SMILES string of the molecule is C#CCCCCCCCCCCCCCCCCCCCCC(=O)O. The largest absolute Gasteiger partial charge is 0.481 e. The maximum absolute atomic E-state index is 10.4. The number of aliphatic carboxylic acids is 1. The van der Waals surface area contributed by atoms with Crippen molar-refractivity contribution in [2.24, 2.45) is 0 Å². The second kappa shape index (κ2) is 21.1. The Morgan fingerprint density at radius 1 is 0.560 bits per heavy atom. The van der Waals surface area contributed by atoms with Crippen LogP contribution in [0.15, 0.2) is 0 Å². The summed E-state index contributed by atoms with van der Waals surface area (Å²) in [5, 5.41) is 8.56. The molecule has 0 aliphatic heterocycles. The Morgan fingerprint density at radius 2 is 0.840 bits per heavy atom. The number of unbranched alkanes of at least 4 members (excludes halogenated alkanes) is 18. The van der Waals surface area contributed by atoms with Crippen LogP contribution in [0.5, 0.6) is 0 Å². The van der Waals surface area contributed by atoms with E-state index < -0.39 is 5.97 Å². The molecule has 0 aliphatic carbocycles. The average Bonchev–Trinajstić information content (AvgIpc) is 2.60. The van der Waals surface area contributed by atoms with Crippen molar-refractivity contribution in [3.63, 3.8) is 0 Å². The van der Waals surface area contributed by atoms with Gasteiger partial charge in [-0.2, -0.15) is 0 Å². The van der Waals surface area contributed by atoms with Crippen molar-refractivity contribution in [2.45, 2.75) is 128 Å². The van der Waals surface area contributed by atoms with E-state index in [1.165, 1.54) is 103 Å². The van der Waals surface area contributed by atoms with Crippen LogP contribution in [-0.4, -0.2) is 11.1 Å². The summed E-state index contributed by atoms with van der Waals surface area (Å²) in [6.45, 7) is 0. The fourth-order valence-corrected chi connectivity index (χ4v) is 3.33. The van der Waals surface area contributed by atoms with Gasteiger partial charge in [0.25, 0.3) is 0 Å². The van der Waals surface area contributed by atoms with Crippen molar-refractivity contribution in [1.29, 1.82) is 0 Å². The maximum atomic E-state index is 10.4. The van der Waals surface area contributed by atoms with Gasteiger partial charge in [0.1, 0.15) is 0 Å². The predicted octanol–water partition coefficient (Wildman–Crippen LogP) is 7.51. The molecule has 0 unspecified atom stereocenters. The van der Waals surface area contributed by atoms with Crippen LogP contribution < -0.4 is 0 Å². The van der Waals surface area contributed by atoms with E-state index >= 15 is 0 Å². The molecule has 0 saturated carbocycles. The molecule has 146 valence electrons. The topological polar surface area (TPSA) is 37.3 Å². The fourth-order valence-electron chi connectivity index (χ4n) is 3.33. The highest BCUT2D eigenvalue weighted by Gasteiger charge is 1.97. The molecule has 0 aliphatic rings. The van der Waals surface area contributed by atoms with E-state index in [0.29, 0.717) is 6.42 Å². The van der Waals surface area contributed by atoms with Crippen molar-refractivity contribution in [3.8, 4) is 12.3 Å². The summed E-state index contributed by atoms with van der Waals surface area (Å²) in [5.41, 5.74) is 0. The van der Waals surface area contributed by atoms with Crippen molar-refractivity contribution in [3.05, 3.63) is 0 Å². The molecule has 0 aromatic rings. The third-order valence-electron chi connectivity index (χ3n) is 4.96. The van der Waals surface area contributed by atoms with Crippen LogP contribution in [-0.2, 0) is 4.79 Å². The molecule has 0 amide bonds. The summed E-state index contributed by atoms with van der Waals surface area (Å²) in [6, 6.07) is 0. The van der Waals surface area contributed by atoms with Gasteiger partial charge in [-0.25, -0.2) is 0 Å². The second-order valence-corrected chi connectivity index (χ2v) is 7.46. The molecule has 1 N–H and O–H groups in total. The normalized spacial score (nSPS) is 10.7. The Balaban J connectivity index is 2.98. The molecule has 2 nitrogen and oxygen atoms in total. The predicted molar refractivity (Wildman–Crippen MR) is 109 cm³/mol. The lowest BCUT2D eigenvalue weighted by Crippen LogP contribution is -1.93. The summed E-state index contributed by atoms with van der Waals surface area (Å²) in [5.74, 6) is 2.05. The van der Waals surface area contributed by atoms with Crippen LogP contribution in [0.25, 0.3) is 0 Å². The second-order valence-electron chi connectivity index (χ2n) is 7.46. The van der Waals surface area contributed by atoms with Crippen molar-refractivity contribution < 1.29 is 9.90 Å². The first kappa shape index (κ1) is 24.0. The van der Waals surface area contributed by atoms with Gasteiger partial charge in [0.15, 0.2) is 0 Å². The minimum Gasteiger partial charge on any atom is -0.481 e. The molecule has 0 bridgehead atoms. The molecular weight excluding hydrogens is 308 g/mol. The highest BCUT2D eigenvalue weighted by Crippen LogP contribution is 2.14. The number of terminal acetylenes is 1. The summed E-state index contributed by atoms with van der Waals surface area (Å²) < 4.78 is 0. The molecule has 0 atom stereocenters. The van der Waals surface area contributed by atoms with E-state index in [4.69, 9.17) is 11.5 Å². The van der Waals surface area contributed by atoms with Crippen LogP contribution in [0.1, 0.15) is 128 Å². The smallest absolute Gasteiger partial charge is 0.303 e. The lowest BCUT2D eigenvalue weighted by atomic mass is 10.0. The van der Waals surface area contributed by atoms with Gasteiger partial charge in [-0.15, -0.1) is 12.3 Å². The minimum absolute atomic E-state index is 0.340. The quantitative estimate of drug-likeness (QED) is 0.182. The number of hydrogen-bond donors (Lipinski definition) is 1. The third kappa shape index (κ3) is 23.0. The van der Waals surface area contributed by atoms with Crippen LogP contribution >= 0.6 is 0 Å². The Morgan fingerprint density at radius 3 is 1.12 bits per heavy atom. The average molecular weight is 351 g/mol. The van der Waals surface area contributed by atoms with Crippen molar-refractivity contribution in [2.75, 3.05) is 0 Å². The van der Waals surface area contributed by atoms with Gasteiger partial charge >= 0.3 is 5.97 Å². The maximum Gasteiger partial charge on any atom is 0.303 e. The molecular formula is C23H42O2. The highest BCUT2D eigenvalue weighted by atomic mass is 16.4. The Bertz CT molecular complexity index is 317. The van der Waals surface area contributed by atoms with Gasteiger partial charge in [-0.3, -0.25) is 4.79 Å². The summed E-state index contributed by atoms with van der Waals surface area (Å²) in [4.78, 5) is 10.4. The zero-order chi connectivity index (χ0) is 18.4. The third-order valence-corrected chi connectivity index (χ3v) is 4.96. The van der Waals surface area contributed by atoms with E-state index in [1.807, 2.05) is 0 Å². The summed E-state index contributed by atoms with van der Waals surface area (Å²) in [6.07, 6.45) is 30.2. The van der Waals surface area contributed by atoms with Crippen LogP contribution in [0.3, 0.4) is 0 Å². The lowest BCUT2D eigenvalue weighted by Gasteiger charge is -2.03. The van der Waals surface area contributed by atoms with E-state index in [0.717, 1.165) is 19.3 Å². The summed E-state index contributed by atoms with van der Waals surface area (Å²) in [7, 11) is 0. The molecule has 0 radical (unpaired) electrons. The number of rotatable bonds is 20. The Kier molecular flexibility index (Phi) is 20.3. The first-order chi connectivity index (χ1) is 12.3. The molecule has 0 rings (SSSR count). The van der Waals surface area contributed by atoms with Gasteiger partial charge < -0.3 is 5.11 Å². The van der Waals surface area contributed by atoms with Crippen molar-refractivity contribution in [1.82, 2.24) is 0 Å². The first-order valence-corrected chi connectivity index (χ1v) is 10.9. The van der Waals surface area contributed by atoms with E-state index in [-0.39, 0.29) is 0 Å². The molecule has 25 heavy (non-hydrogen) atoms. The molecule has 0 aromatic carbocycles. The number of carbonyl (C=O) groups is 1.